The van der Waals surface area contributed by atoms with E-state index in [1.54, 1.807) is 13.0 Å². The number of carbonyl (C=O) groups is 1. The lowest BCUT2D eigenvalue weighted by Crippen LogP contribution is -2.36. The minimum absolute atomic E-state index is 0.0157. The molecule has 2 N–H and O–H groups in total. The maximum Gasteiger partial charge on any atom is 0.234 e. The molecule has 0 aromatic carbocycles. The Hall–Kier alpha value is -0.870. The fourth-order valence-electron chi connectivity index (χ4n) is 0.973. The Balaban J connectivity index is 3.54. The Kier molecular flexibility index (Phi) is 7.06. The second kappa shape index (κ2) is 7.53. The Morgan fingerprint density at radius 1 is 1.71 bits per heavy atom. The topological polar surface area (TPSA) is 52.6 Å². The zero-order valence-corrected chi connectivity index (χ0v) is 8.99. The molecule has 4 nitrogen and oxygen atoms in total. The van der Waals surface area contributed by atoms with Crippen LogP contribution >= 0.6 is 0 Å². The zero-order valence-electron chi connectivity index (χ0n) is 8.99. The fourth-order valence-corrected chi connectivity index (χ4v) is 0.973. The third-order valence-electron chi connectivity index (χ3n) is 1.79. The number of hydrogen-bond donors (Lipinski definition) is 2. The second-order valence-corrected chi connectivity index (χ2v) is 3.47. The van der Waals surface area contributed by atoms with E-state index in [2.05, 4.69) is 11.9 Å². The minimum Gasteiger partial charge on any atom is -0.393 e. The molecule has 0 rings (SSSR count). The lowest BCUT2D eigenvalue weighted by Gasteiger charge is -2.16. The first kappa shape index (κ1) is 13.1. The summed E-state index contributed by atoms with van der Waals surface area (Å²) in [5.74, 6) is -0.0157. The van der Waals surface area contributed by atoms with Crippen LogP contribution in [-0.4, -0.2) is 48.7 Å². The molecule has 0 spiro atoms. The number of rotatable bonds is 7. The van der Waals surface area contributed by atoms with Gasteiger partial charge in [-0.05, 0) is 20.4 Å². The summed E-state index contributed by atoms with van der Waals surface area (Å²) in [5.41, 5.74) is 0. The Labute approximate surface area is 85.6 Å². The lowest BCUT2D eigenvalue weighted by molar-refractivity contribution is -0.121. The largest absolute Gasteiger partial charge is 0.393 e. The van der Waals surface area contributed by atoms with Gasteiger partial charge in [-0.15, -0.1) is 6.58 Å². The van der Waals surface area contributed by atoms with Crippen LogP contribution in [0, 0.1) is 0 Å². The van der Waals surface area contributed by atoms with Gasteiger partial charge in [-0.2, -0.15) is 0 Å². The monoisotopic (exact) mass is 200 g/mol. The number of nitrogens with zero attached hydrogens (tertiary/aromatic N) is 1. The smallest absolute Gasteiger partial charge is 0.234 e. The van der Waals surface area contributed by atoms with Gasteiger partial charge in [0.25, 0.3) is 0 Å². The van der Waals surface area contributed by atoms with Crippen molar-refractivity contribution in [2.24, 2.45) is 0 Å². The summed E-state index contributed by atoms with van der Waals surface area (Å²) in [4.78, 5) is 13.1. The molecule has 0 fully saturated rings. The van der Waals surface area contributed by atoms with Crippen molar-refractivity contribution in [3.8, 4) is 0 Å². The normalized spacial score (nSPS) is 12.6. The lowest BCUT2D eigenvalue weighted by atomic mass is 10.3. The first-order valence-corrected chi connectivity index (χ1v) is 4.80. The zero-order chi connectivity index (χ0) is 11.0. The second-order valence-electron chi connectivity index (χ2n) is 3.47. The molecule has 1 atom stereocenters. The van der Waals surface area contributed by atoms with Crippen molar-refractivity contribution in [2.45, 2.75) is 19.4 Å². The summed E-state index contributed by atoms with van der Waals surface area (Å²) in [6, 6.07) is 0. The highest BCUT2D eigenvalue weighted by molar-refractivity contribution is 5.78. The SMILES string of the molecule is C=CCNC(=O)CN(C)CCC(C)O. The summed E-state index contributed by atoms with van der Waals surface area (Å²) >= 11 is 0. The molecule has 0 aliphatic rings. The Morgan fingerprint density at radius 2 is 2.36 bits per heavy atom. The van der Waals surface area contributed by atoms with E-state index in [0.29, 0.717) is 19.5 Å². The van der Waals surface area contributed by atoms with Gasteiger partial charge in [-0.3, -0.25) is 9.69 Å². The molecule has 0 saturated carbocycles. The van der Waals surface area contributed by atoms with Crippen molar-refractivity contribution in [1.29, 1.82) is 0 Å². The predicted molar refractivity (Wildman–Crippen MR) is 57.0 cm³/mol. The van der Waals surface area contributed by atoms with Crippen LogP contribution in [0.25, 0.3) is 0 Å². The van der Waals surface area contributed by atoms with Crippen molar-refractivity contribution in [2.75, 3.05) is 26.7 Å². The molecule has 0 saturated heterocycles. The van der Waals surface area contributed by atoms with Gasteiger partial charge in [0.2, 0.25) is 5.91 Å². The quantitative estimate of drug-likeness (QED) is 0.568. The average molecular weight is 200 g/mol. The number of hydrogen-bond acceptors (Lipinski definition) is 3. The third kappa shape index (κ3) is 7.76. The molecule has 0 aromatic heterocycles. The molecule has 14 heavy (non-hydrogen) atoms. The number of aliphatic hydroxyl groups is 1. The van der Waals surface area contributed by atoms with Gasteiger partial charge < -0.3 is 10.4 Å². The summed E-state index contributed by atoms with van der Waals surface area (Å²) in [7, 11) is 1.86. The van der Waals surface area contributed by atoms with E-state index in [0.717, 1.165) is 6.54 Å². The molecule has 0 aliphatic heterocycles. The Bertz CT molecular complexity index is 181. The van der Waals surface area contributed by atoms with E-state index in [9.17, 15) is 4.79 Å². The van der Waals surface area contributed by atoms with E-state index in [-0.39, 0.29) is 12.0 Å². The van der Waals surface area contributed by atoms with E-state index in [1.807, 2.05) is 11.9 Å². The van der Waals surface area contributed by atoms with Gasteiger partial charge >= 0.3 is 0 Å². The fraction of sp³-hybridized carbons (Fsp3) is 0.700. The standard InChI is InChI=1S/C10H20N2O2/c1-4-6-11-10(14)8-12(3)7-5-9(2)13/h4,9,13H,1,5-8H2,2-3H3,(H,11,14). The van der Waals surface area contributed by atoms with Gasteiger partial charge in [0.1, 0.15) is 0 Å². The molecular formula is C10H20N2O2. The van der Waals surface area contributed by atoms with Gasteiger partial charge in [0.15, 0.2) is 0 Å². The Morgan fingerprint density at radius 3 is 2.86 bits per heavy atom. The highest BCUT2D eigenvalue weighted by atomic mass is 16.3. The molecule has 4 heteroatoms. The van der Waals surface area contributed by atoms with Gasteiger partial charge in [-0.1, -0.05) is 6.08 Å². The summed E-state index contributed by atoms with van der Waals surface area (Å²) in [6.45, 7) is 6.84. The van der Waals surface area contributed by atoms with E-state index < -0.39 is 0 Å². The number of likely N-dealkylation sites (N-methyl/N-ethyl adjacent to an activating group) is 1. The molecule has 1 amide bonds. The average Bonchev–Trinajstić information content (AvgIpc) is 2.11. The molecule has 1 unspecified atom stereocenters. The van der Waals surface area contributed by atoms with Crippen molar-refractivity contribution in [3.63, 3.8) is 0 Å². The summed E-state index contributed by atoms with van der Waals surface area (Å²) < 4.78 is 0. The van der Waals surface area contributed by atoms with E-state index in [1.165, 1.54) is 0 Å². The molecule has 82 valence electrons. The maximum atomic E-state index is 11.2. The van der Waals surface area contributed by atoms with Gasteiger partial charge in [-0.25, -0.2) is 0 Å². The highest BCUT2D eigenvalue weighted by Crippen LogP contribution is 1.92. The first-order valence-electron chi connectivity index (χ1n) is 4.80. The van der Waals surface area contributed by atoms with Crippen LogP contribution in [0.4, 0.5) is 0 Å². The van der Waals surface area contributed by atoms with Crippen LogP contribution in [0.1, 0.15) is 13.3 Å². The van der Waals surface area contributed by atoms with Crippen molar-refractivity contribution < 1.29 is 9.90 Å². The number of amides is 1. The molecule has 0 heterocycles. The maximum absolute atomic E-state index is 11.2. The van der Waals surface area contributed by atoms with Crippen molar-refractivity contribution >= 4 is 5.91 Å². The van der Waals surface area contributed by atoms with Crippen molar-refractivity contribution in [3.05, 3.63) is 12.7 Å². The number of aliphatic hydroxyl groups excluding tert-OH is 1. The third-order valence-corrected chi connectivity index (χ3v) is 1.79. The molecule has 0 aromatic rings. The van der Waals surface area contributed by atoms with Crippen LogP contribution in [0.5, 0.6) is 0 Å². The van der Waals surface area contributed by atoms with Crippen LogP contribution < -0.4 is 5.32 Å². The van der Waals surface area contributed by atoms with Gasteiger partial charge in [0.05, 0.1) is 12.6 Å². The number of carbonyl (C=O) groups excluding carboxylic acids is 1. The summed E-state index contributed by atoms with van der Waals surface area (Å²) in [6.07, 6.45) is 2.02. The van der Waals surface area contributed by atoms with E-state index in [4.69, 9.17) is 5.11 Å². The number of nitrogens with one attached hydrogen (secondary N) is 1. The van der Waals surface area contributed by atoms with Crippen LogP contribution in [-0.2, 0) is 4.79 Å². The first-order chi connectivity index (χ1) is 6.56. The molecule has 0 radical (unpaired) electrons. The van der Waals surface area contributed by atoms with Crippen LogP contribution in [0.15, 0.2) is 12.7 Å². The van der Waals surface area contributed by atoms with Gasteiger partial charge in [0, 0.05) is 13.1 Å². The van der Waals surface area contributed by atoms with Crippen molar-refractivity contribution in [1.82, 2.24) is 10.2 Å². The predicted octanol–water partition coefficient (Wildman–Crippen LogP) is -0.00870. The molecular weight excluding hydrogens is 180 g/mol. The minimum atomic E-state index is -0.311. The molecule has 0 aliphatic carbocycles. The van der Waals surface area contributed by atoms with Crippen LogP contribution in [0.2, 0.25) is 0 Å². The van der Waals surface area contributed by atoms with Crippen LogP contribution in [0.3, 0.4) is 0 Å². The summed E-state index contributed by atoms with van der Waals surface area (Å²) in [5, 5.41) is 11.7. The molecule has 0 bridgehead atoms. The highest BCUT2D eigenvalue weighted by Gasteiger charge is 2.05. The van der Waals surface area contributed by atoms with E-state index >= 15 is 0 Å².